The number of benzene rings is 2. The van der Waals surface area contributed by atoms with Gasteiger partial charge < -0.3 is 5.32 Å². The molecule has 120 valence electrons. The van der Waals surface area contributed by atoms with Gasteiger partial charge >= 0.3 is 0 Å². The van der Waals surface area contributed by atoms with Gasteiger partial charge in [-0.05, 0) is 37.1 Å². The SMILES string of the molecule is Cc1ccccc1CNC(=O)c1ccc(-c2ccccc2)nc1C. The first kappa shape index (κ1) is 15.9. The minimum absolute atomic E-state index is 0.0946. The van der Waals surface area contributed by atoms with Crippen LogP contribution in [-0.4, -0.2) is 10.9 Å². The smallest absolute Gasteiger partial charge is 0.253 e. The summed E-state index contributed by atoms with van der Waals surface area (Å²) in [5.41, 5.74) is 5.57. The molecular formula is C21H20N2O. The highest BCUT2D eigenvalue weighted by Crippen LogP contribution is 2.18. The molecule has 3 heteroatoms. The Morgan fingerprint density at radius 2 is 1.62 bits per heavy atom. The molecule has 24 heavy (non-hydrogen) atoms. The number of amides is 1. The maximum atomic E-state index is 12.4. The molecule has 1 heterocycles. The summed E-state index contributed by atoms with van der Waals surface area (Å²) in [4.78, 5) is 17.0. The second kappa shape index (κ2) is 7.09. The molecule has 0 aliphatic heterocycles. The summed E-state index contributed by atoms with van der Waals surface area (Å²) in [7, 11) is 0. The van der Waals surface area contributed by atoms with E-state index >= 15 is 0 Å². The number of carbonyl (C=O) groups is 1. The maximum absolute atomic E-state index is 12.4. The quantitative estimate of drug-likeness (QED) is 0.780. The lowest BCUT2D eigenvalue weighted by Gasteiger charge is -2.10. The van der Waals surface area contributed by atoms with Gasteiger partial charge in [-0.25, -0.2) is 0 Å². The highest BCUT2D eigenvalue weighted by atomic mass is 16.1. The average Bonchev–Trinajstić information content (AvgIpc) is 2.61. The Morgan fingerprint density at radius 3 is 2.33 bits per heavy atom. The molecule has 0 aliphatic carbocycles. The standard InChI is InChI=1S/C21H20N2O/c1-15-8-6-7-11-18(15)14-22-21(24)19-12-13-20(23-16(19)2)17-9-4-3-5-10-17/h3-13H,14H2,1-2H3,(H,22,24). The van der Waals surface area contributed by atoms with Gasteiger partial charge in [0.2, 0.25) is 0 Å². The van der Waals surface area contributed by atoms with E-state index in [-0.39, 0.29) is 5.91 Å². The van der Waals surface area contributed by atoms with Crippen molar-refractivity contribution in [1.82, 2.24) is 10.3 Å². The third-order valence-electron chi connectivity index (χ3n) is 4.10. The van der Waals surface area contributed by atoms with Gasteiger partial charge in [0.1, 0.15) is 0 Å². The highest BCUT2D eigenvalue weighted by Gasteiger charge is 2.11. The van der Waals surface area contributed by atoms with E-state index in [1.54, 1.807) is 0 Å². The molecule has 0 aliphatic rings. The molecule has 0 spiro atoms. The number of nitrogens with zero attached hydrogens (tertiary/aromatic N) is 1. The van der Waals surface area contributed by atoms with Crippen LogP contribution in [0.4, 0.5) is 0 Å². The number of aryl methyl sites for hydroxylation is 2. The lowest BCUT2D eigenvalue weighted by molar-refractivity contribution is 0.0950. The number of rotatable bonds is 4. The summed E-state index contributed by atoms with van der Waals surface area (Å²) in [6, 6.07) is 21.8. The van der Waals surface area contributed by atoms with Gasteiger partial charge in [0, 0.05) is 12.1 Å². The van der Waals surface area contributed by atoms with Crippen molar-refractivity contribution in [1.29, 1.82) is 0 Å². The predicted octanol–water partition coefficient (Wildman–Crippen LogP) is 4.30. The first-order valence-corrected chi connectivity index (χ1v) is 8.01. The van der Waals surface area contributed by atoms with Gasteiger partial charge in [0.25, 0.3) is 5.91 Å². The van der Waals surface area contributed by atoms with Gasteiger partial charge in [-0.15, -0.1) is 0 Å². The van der Waals surface area contributed by atoms with E-state index in [4.69, 9.17) is 0 Å². The zero-order chi connectivity index (χ0) is 16.9. The number of hydrogen-bond acceptors (Lipinski definition) is 2. The van der Waals surface area contributed by atoms with Gasteiger partial charge in [-0.1, -0.05) is 54.6 Å². The summed E-state index contributed by atoms with van der Waals surface area (Å²) in [5.74, 6) is -0.0946. The Hall–Kier alpha value is -2.94. The van der Waals surface area contributed by atoms with Crippen molar-refractivity contribution < 1.29 is 4.79 Å². The van der Waals surface area contributed by atoms with E-state index in [1.807, 2.05) is 80.6 Å². The third-order valence-corrected chi connectivity index (χ3v) is 4.10. The van der Waals surface area contributed by atoms with E-state index in [9.17, 15) is 4.79 Å². The molecule has 0 unspecified atom stereocenters. The molecule has 3 aromatic rings. The highest BCUT2D eigenvalue weighted by molar-refractivity contribution is 5.95. The molecule has 0 bridgehead atoms. The van der Waals surface area contributed by atoms with Crippen molar-refractivity contribution in [3.8, 4) is 11.3 Å². The number of pyridine rings is 1. The topological polar surface area (TPSA) is 42.0 Å². The van der Waals surface area contributed by atoms with Crippen molar-refractivity contribution in [2.75, 3.05) is 0 Å². The van der Waals surface area contributed by atoms with Crippen molar-refractivity contribution in [3.05, 3.63) is 89.1 Å². The molecule has 1 amide bonds. The van der Waals surface area contributed by atoms with E-state index in [1.165, 1.54) is 5.56 Å². The van der Waals surface area contributed by atoms with Gasteiger partial charge in [0.15, 0.2) is 0 Å². The van der Waals surface area contributed by atoms with Crippen LogP contribution in [0.3, 0.4) is 0 Å². The molecule has 1 aromatic heterocycles. The zero-order valence-electron chi connectivity index (χ0n) is 13.9. The first-order valence-electron chi connectivity index (χ1n) is 8.01. The Balaban J connectivity index is 1.75. The van der Waals surface area contributed by atoms with Crippen LogP contribution in [0.2, 0.25) is 0 Å². The molecule has 1 N–H and O–H groups in total. The van der Waals surface area contributed by atoms with E-state index < -0.39 is 0 Å². The van der Waals surface area contributed by atoms with Gasteiger partial charge in [-0.2, -0.15) is 0 Å². The van der Waals surface area contributed by atoms with Crippen LogP contribution in [0.25, 0.3) is 11.3 Å². The fourth-order valence-electron chi connectivity index (χ4n) is 2.65. The summed E-state index contributed by atoms with van der Waals surface area (Å²) in [5, 5.41) is 2.98. The largest absolute Gasteiger partial charge is 0.348 e. The molecule has 0 saturated heterocycles. The molecule has 3 rings (SSSR count). The molecule has 0 atom stereocenters. The van der Waals surface area contributed by atoms with Crippen molar-refractivity contribution in [2.24, 2.45) is 0 Å². The summed E-state index contributed by atoms with van der Waals surface area (Å²) in [6.07, 6.45) is 0. The molecule has 0 fully saturated rings. The normalized spacial score (nSPS) is 10.4. The molecule has 3 nitrogen and oxygen atoms in total. The number of aromatic nitrogens is 1. The third kappa shape index (κ3) is 3.51. The lowest BCUT2D eigenvalue weighted by Crippen LogP contribution is -2.24. The maximum Gasteiger partial charge on any atom is 0.253 e. The van der Waals surface area contributed by atoms with E-state index in [0.29, 0.717) is 12.1 Å². The van der Waals surface area contributed by atoms with Crippen LogP contribution >= 0.6 is 0 Å². The molecular weight excluding hydrogens is 296 g/mol. The van der Waals surface area contributed by atoms with Gasteiger partial charge in [-0.3, -0.25) is 9.78 Å². The van der Waals surface area contributed by atoms with E-state index in [2.05, 4.69) is 10.3 Å². The average molecular weight is 316 g/mol. The Labute approximate surface area is 142 Å². The number of hydrogen-bond donors (Lipinski definition) is 1. The van der Waals surface area contributed by atoms with Crippen LogP contribution in [0, 0.1) is 13.8 Å². The van der Waals surface area contributed by atoms with Crippen LogP contribution in [0.15, 0.2) is 66.7 Å². The van der Waals surface area contributed by atoms with Crippen LogP contribution < -0.4 is 5.32 Å². The number of nitrogens with one attached hydrogen (secondary N) is 1. The summed E-state index contributed by atoms with van der Waals surface area (Å²) < 4.78 is 0. The Bertz CT molecular complexity index is 857. The van der Waals surface area contributed by atoms with E-state index in [0.717, 1.165) is 22.5 Å². The molecule has 2 aromatic carbocycles. The molecule has 0 saturated carbocycles. The monoisotopic (exact) mass is 316 g/mol. The zero-order valence-corrected chi connectivity index (χ0v) is 13.9. The van der Waals surface area contributed by atoms with Crippen molar-refractivity contribution in [2.45, 2.75) is 20.4 Å². The minimum atomic E-state index is -0.0946. The summed E-state index contributed by atoms with van der Waals surface area (Å²) in [6.45, 7) is 4.43. The van der Waals surface area contributed by atoms with Crippen LogP contribution in [0.1, 0.15) is 27.2 Å². The van der Waals surface area contributed by atoms with Crippen molar-refractivity contribution >= 4 is 5.91 Å². The second-order valence-electron chi connectivity index (χ2n) is 5.80. The first-order chi connectivity index (χ1) is 11.6. The van der Waals surface area contributed by atoms with Crippen LogP contribution in [0.5, 0.6) is 0 Å². The lowest BCUT2D eigenvalue weighted by atomic mass is 10.1. The second-order valence-corrected chi connectivity index (χ2v) is 5.80. The molecule has 0 radical (unpaired) electrons. The van der Waals surface area contributed by atoms with Crippen molar-refractivity contribution in [3.63, 3.8) is 0 Å². The van der Waals surface area contributed by atoms with Gasteiger partial charge in [0.05, 0.1) is 17.0 Å². The Kier molecular flexibility index (Phi) is 4.71. The summed E-state index contributed by atoms with van der Waals surface area (Å²) >= 11 is 0. The fraction of sp³-hybridized carbons (Fsp3) is 0.143. The number of carbonyl (C=O) groups excluding carboxylic acids is 1. The van der Waals surface area contributed by atoms with Crippen LogP contribution in [-0.2, 0) is 6.54 Å². The fourth-order valence-corrected chi connectivity index (χ4v) is 2.65. The minimum Gasteiger partial charge on any atom is -0.348 e. The Morgan fingerprint density at radius 1 is 0.917 bits per heavy atom. The predicted molar refractivity (Wildman–Crippen MR) is 96.8 cm³/mol.